The van der Waals surface area contributed by atoms with Gasteiger partial charge in [0.05, 0.1) is 27.0 Å². The molecule has 1 heterocycles. The van der Waals surface area contributed by atoms with E-state index in [1.807, 2.05) is 46.9 Å². The Labute approximate surface area is 124 Å². The van der Waals surface area contributed by atoms with Crippen molar-refractivity contribution in [3.8, 4) is 11.5 Å². The van der Waals surface area contributed by atoms with Gasteiger partial charge in [-0.2, -0.15) is 5.10 Å². The first kappa shape index (κ1) is 13.9. The third kappa shape index (κ3) is 3.06. The molecule has 2 aromatic rings. The molecule has 0 unspecified atom stereocenters. The summed E-state index contributed by atoms with van der Waals surface area (Å²) in [6.45, 7) is 0.419. The zero-order valence-corrected chi connectivity index (χ0v) is 12.7. The molecule has 2 rings (SSSR count). The van der Waals surface area contributed by atoms with E-state index in [1.165, 1.54) is 11.8 Å². The van der Waals surface area contributed by atoms with Gasteiger partial charge in [0.15, 0.2) is 5.75 Å². The lowest BCUT2D eigenvalue weighted by atomic mass is 10.2. The van der Waals surface area contributed by atoms with Crippen molar-refractivity contribution in [2.45, 2.75) is 6.54 Å². The predicted octanol–water partition coefficient (Wildman–Crippen LogP) is 1.91. The molecule has 19 heavy (non-hydrogen) atoms. The molecule has 0 radical (unpaired) electrons. The molecular formula is C13H13IN2O3. The van der Waals surface area contributed by atoms with Crippen LogP contribution in [0, 0.1) is 3.57 Å². The maximum Gasteiger partial charge on any atom is 0.284 e. The van der Waals surface area contributed by atoms with E-state index in [0.29, 0.717) is 15.9 Å². The summed E-state index contributed by atoms with van der Waals surface area (Å²) in [4.78, 5) is 12.1. The third-order valence-corrected chi connectivity index (χ3v) is 3.66. The van der Waals surface area contributed by atoms with Crippen molar-refractivity contribution in [1.82, 2.24) is 9.78 Å². The molecule has 0 saturated carbocycles. The lowest BCUT2D eigenvalue weighted by Crippen LogP contribution is -2.25. The first-order chi connectivity index (χ1) is 9.15. The topological polar surface area (TPSA) is 53.4 Å². The summed E-state index contributed by atoms with van der Waals surface area (Å²) in [5, 5.41) is 4.09. The highest BCUT2D eigenvalue weighted by atomic mass is 127. The molecule has 5 nitrogen and oxygen atoms in total. The van der Waals surface area contributed by atoms with E-state index >= 15 is 0 Å². The van der Waals surface area contributed by atoms with Gasteiger partial charge in [0, 0.05) is 0 Å². The van der Waals surface area contributed by atoms with Crippen LogP contribution in [0.3, 0.4) is 0 Å². The van der Waals surface area contributed by atoms with E-state index < -0.39 is 0 Å². The Morgan fingerprint density at radius 3 is 2.47 bits per heavy atom. The molecule has 0 spiro atoms. The average Bonchev–Trinajstić information content (AvgIpc) is 2.45. The van der Waals surface area contributed by atoms with Crippen LogP contribution in [-0.4, -0.2) is 24.0 Å². The van der Waals surface area contributed by atoms with Gasteiger partial charge in [-0.1, -0.05) is 12.1 Å². The Balaban J connectivity index is 2.28. The van der Waals surface area contributed by atoms with Crippen LogP contribution in [0.5, 0.6) is 11.5 Å². The first-order valence-corrected chi connectivity index (χ1v) is 6.66. The minimum atomic E-state index is -0.157. The normalized spacial score (nSPS) is 10.3. The lowest BCUT2D eigenvalue weighted by Gasteiger charge is -2.08. The minimum absolute atomic E-state index is 0.157. The summed E-state index contributed by atoms with van der Waals surface area (Å²) in [5.41, 5.74) is 0.826. The van der Waals surface area contributed by atoms with Gasteiger partial charge in [-0.05, 0) is 40.3 Å². The van der Waals surface area contributed by atoms with Crippen LogP contribution < -0.4 is 15.0 Å². The second-order valence-electron chi connectivity index (χ2n) is 3.84. The summed E-state index contributed by atoms with van der Waals surface area (Å²) in [5.74, 6) is 1.28. The van der Waals surface area contributed by atoms with E-state index in [2.05, 4.69) is 5.10 Å². The summed E-state index contributed by atoms with van der Waals surface area (Å²) in [6, 6.07) is 7.53. The standard InChI is InChI=1S/C13H13IN2O3/c1-18-10-5-3-9(4-6-10)8-16-13(17)12(14)11(19-2)7-15-16/h3-7H,8H2,1-2H3. The Morgan fingerprint density at radius 1 is 1.21 bits per heavy atom. The molecule has 0 aliphatic rings. The van der Waals surface area contributed by atoms with Crippen LogP contribution >= 0.6 is 22.6 Å². The lowest BCUT2D eigenvalue weighted by molar-refractivity contribution is 0.403. The molecule has 0 aliphatic heterocycles. The van der Waals surface area contributed by atoms with Gasteiger partial charge in [-0.25, -0.2) is 4.68 Å². The number of halogens is 1. The SMILES string of the molecule is COc1ccc(Cn2ncc(OC)c(I)c2=O)cc1. The molecule has 0 atom stereocenters. The van der Waals surface area contributed by atoms with Crippen LogP contribution in [0.15, 0.2) is 35.3 Å². The van der Waals surface area contributed by atoms with Crippen molar-refractivity contribution in [2.75, 3.05) is 14.2 Å². The molecule has 0 N–H and O–H groups in total. The zero-order chi connectivity index (χ0) is 13.8. The van der Waals surface area contributed by atoms with E-state index in [-0.39, 0.29) is 5.56 Å². The quantitative estimate of drug-likeness (QED) is 0.770. The highest BCUT2D eigenvalue weighted by Gasteiger charge is 2.09. The number of hydrogen-bond acceptors (Lipinski definition) is 4. The van der Waals surface area contributed by atoms with Gasteiger partial charge < -0.3 is 9.47 Å². The number of benzene rings is 1. The maximum atomic E-state index is 12.1. The average molecular weight is 372 g/mol. The second kappa shape index (κ2) is 6.05. The van der Waals surface area contributed by atoms with Gasteiger partial charge in [-0.3, -0.25) is 4.79 Å². The summed E-state index contributed by atoms with van der Waals surface area (Å²) in [6.07, 6.45) is 1.55. The Kier molecular flexibility index (Phi) is 4.41. The van der Waals surface area contributed by atoms with Gasteiger partial charge in [0.1, 0.15) is 9.32 Å². The Bertz CT molecular complexity index is 623. The summed E-state index contributed by atoms with van der Waals surface area (Å²) in [7, 11) is 3.14. The van der Waals surface area contributed by atoms with Crippen LogP contribution in [-0.2, 0) is 6.54 Å². The number of nitrogens with zero attached hydrogens (tertiary/aromatic N) is 2. The minimum Gasteiger partial charge on any atom is -0.497 e. The van der Waals surface area contributed by atoms with Gasteiger partial charge in [-0.15, -0.1) is 0 Å². The van der Waals surface area contributed by atoms with Crippen LogP contribution in [0.25, 0.3) is 0 Å². The van der Waals surface area contributed by atoms with Crippen molar-refractivity contribution < 1.29 is 9.47 Å². The molecule has 6 heteroatoms. The smallest absolute Gasteiger partial charge is 0.284 e. The van der Waals surface area contributed by atoms with Gasteiger partial charge in [0.2, 0.25) is 0 Å². The fourth-order valence-electron chi connectivity index (χ4n) is 1.61. The zero-order valence-electron chi connectivity index (χ0n) is 10.6. The van der Waals surface area contributed by atoms with E-state index in [9.17, 15) is 4.79 Å². The molecule has 0 bridgehead atoms. The number of aromatic nitrogens is 2. The highest BCUT2D eigenvalue weighted by Crippen LogP contribution is 2.15. The predicted molar refractivity (Wildman–Crippen MR) is 79.9 cm³/mol. The van der Waals surface area contributed by atoms with Crippen molar-refractivity contribution in [3.63, 3.8) is 0 Å². The fourth-order valence-corrected chi connectivity index (χ4v) is 2.25. The van der Waals surface area contributed by atoms with Crippen LogP contribution in [0.4, 0.5) is 0 Å². The van der Waals surface area contributed by atoms with Crippen molar-refractivity contribution in [3.05, 3.63) is 49.9 Å². The summed E-state index contributed by atoms with van der Waals surface area (Å²) < 4.78 is 12.1. The Hall–Kier alpha value is -1.57. The van der Waals surface area contributed by atoms with Crippen molar-refractivity contribution in [1.29, 1.82) is 0 Å². The number of ether oxygens (including phenoxy) is 2. The molecule has 100 valence electrons. The van der Waals surface area contributed by atoms with Crippen LogP contribution in [0.2, 0.25) is 0 Å². The first-order valence-electron chi connectivity index (χ1n) is 5.58. The largest absolute Gasteiger partial charge is 0.497 e. The fraction of sp³-hybridized carbons (Fsp3) is 0.231. The van der Waals surface area contributed by atoms with E-state index in [0.717, 1.165) is 11.3 Å². The molecule has 0 amide bonds. The number of methoxy groups -OCH3 is 2. The second-order valence-corrected chi connectivity index (χ2v) is 4.92. The monoisotopic (exact) mass is 372 g/mol. The van der Waals surface area contributed by atoms with Crippen molar-refractivity contribution in [2.24, 2.45) is 0 Å². The van der Waals surface area contributed by atoms with Crippen molar-refractivity contribution >= 4 is 22.6 Å². The maximum absolute atomic E-state index is 12.1. The Morgan fingerprint density at radius 2 is 1.89 bits per heavy atom. The van der Waals surface area contributed by atoms with Crippen LogP contribution in [0.1, 0.15) is 5.56 Å². The van der Waals surface area contributed by atoms with E-state index in [4.69, 9.17) is 9.47 Å². The molecular weight excluding hydrogens is 359 g/mol. The van der Waals surface area contributed by atoms with Gasteiger partial charge in [0.25, 0.3) is 5.56 Å². The molecule has 1 aromatic heterocycles. The third-order valence-electron chi connectivity index (χ3n) is 2.66. The summed E-state index contributed by atoms with van der Waals surface area (Å²) >= 11 is 1.97. The molecule has 0 saturated heterocycles. The number of hydrogen-bond donors (Lipinski definition) is 0. The van der Waals surface area contributed by atoms with Gasteiger partial charge >= 0.3 is 0 Å². The van der Waals surface area contributed by atoms with E-state index in [1.54, 1.807) is 13.3 Å². The number of rotatable bonds is 4. The molecule has 0 fully saturated rings. The highest BCUT2D eigenvalue weighted by molar-refractivity contribution is 14.1. The molecule has 0 aliphatic carbocycles. The molecule has 1 aromatic carbocycles.